The van der Waals surface area contributed by atoms with Gasteiger partial charge in [0.2, 0.25) is 0 Å². The standard InChI is InChI=1S/C18H38O7.C6H14O6/c1-13(20)8-21-15(3)10-23-17(5)12-25-18(6)11-24-16(4)9-22-14(2)7-19;7-1-3(9)5(11)6(12)4(10)2-8/h13-20H,7-12H2,1-6H3;3-12H,1-2H2. The van der Waals surface area contributed by atoms with Gasteiger partial charge in [-0.3, -0.25) is 0 Å². The molecule has 8 N–H and O–H groups in total. The van der Waals surface area contributed by atoms with Gasteiger partial charge in [0.05, 0.1) is 89.5 Å². The molecule has 0 fully saturated rings. The van der Waals surface area contributed by atoms with Crippen LogP contribution in [-0.2, 0) is 23.7 Å². The SMILES string of the molecule is CC(O)COC(C)COC(C)COC(C)COC(C)COC(C)CO.OCC(O)C(O)C(O)C(O)CO. The first kappa shape index (κ1) is 38.6. The highest BCUT2D eigenvalue weighted by atomic mass is 16.6. The van der Waals surface area contributed by atoms with Gasteiger partial charge in [-0.25, -0.2) is 0 Å². The van der Waals surface area contributed by atoms with Crippen LogP contribution in [0.4, 0.5) is 0 Å². The molecule has 0 aliphatic carbocycles. The fraction of sp³-hybridized carbons (Fsp3) is 1.00. The quantitative estimate of drug-likeness (QED) is 0.0767. The molecular formula is C24H52O13. The molecule has 37 heavy (non-hydrogen) atoms. The number of ether oxygens (including phenoxy) is 5. The Morgan fingerprint density at radius 2 is 0.676 bits per heavy atom. The van der Waals surface area contributed by atoms with Crippen molar-refractivity contribution in [3.8, 4) is 0 Å². The Kier molecular flexibility index (Phi) is 24.4. The molecule has 0 radical (unpaired) electrons. The number of aliphatic hydroxyl groups excluding tert-OH is 8. The van der Waals surface area contributed by atoms with Gasteiger partial charge < -0.3 is 64.5 Å². The second-order valence-electron chi connectivity index (χ2n) is 9.23. The first-order valence-electron chi connectivity index (χ1n) is 12.6. The second kappa shape index (κ2) is 23.4. The minimum atomic E-state index is -1.67. The van der Waals surface area contributed by atoms with Gasteiger partial charge in [-0.1, -0.05) is 0 Å². The molecule has 0 aliphatic heterocycles. The van der Waals surface area contributed by atoms with E-state index in [0.717, 1.165) is 0 Å². The first-order valence-corrected chi connectivity index (χ1v) is 12.6. The summed E-state index contributed by atoms with van der Waals surface area (Å²) in [5.41, 5.74) is 0. The van der Waals surface area contributed by atoms with Gasteiger partial charge in [-0.05, 0) is 41.5 Å². The van der Waals surface area contributed by atoms with Crippen molar-refractivity contribution in [2.24, 2.45) is 0 Å². The topological polar surface area (TPSA) is 208 Å². The Balaban J connectivity index is 0. The van der Waals surface area contributed by atoms with E-state index in [9.17, 15) is 5.11 Å². The van der Waals surface area contributed by atoms with Crippen LogP contribution in [-0.4, -0.2) is 155 Å². The van der Waals surface area contributed by atoms with E-state index in [1.54, 1.807) is 6.92 Å². The van der Waals surface area contributed by atoms with E-state index in [4.69, 9.17) is 59.4 Å². The summed E-state index contributed by atoms with van der Waals surface area (Å²) in [6.45, 7) is 11.9. The van der Waals surface area contributed by atoms with Crippen LogP contribution in [0.5, 0.6) is 0 Å². The molecule has 0 rings (SSSR count). The normalized spacial score (nSPS) is 19.9. The van der Waals surface area contributed by atoms with E-state index in [1.165, 1.54) is 0 Å². The molecule has 0 saturated carbocycles. The smallest absolute Gasteiger partial charge is 0.111 e. The maximum atomic E-state index is 9.17. The summed E-state index contributed by atoms with van der Waals surface area (Å²) < 4.78 is 27.9. The average Bonchev–Trinajstić information content (AvgIpc) is 2.89. The highest BCUT2D eigenvalue weighted by molar-refractivity contribution is 4.79. The van der Waals surface area contributed by atoms with Crippen molar-refractivity contribution < 1.29 is 64.5 Å². The number of rotatable bonds is 21. The molecule has 0 aromatic rings. The molecule has 226 valence electrons. The number of aliphatic hydroxyl groups is 8. The third kappa shape index (κ3) is 22.0. The second-order valence-corrected chi connectivity index (χ2v) is 9.23. The van der Waals surface area contributed by atoms with Crippen molar-refractivity contribution in [2.45, 2.75) is 103 Å². The summed E-state index contributed by atoms with van der Waals surface area (Å²) in [5, 5.41) is 70.3. The zero-order valence-electron chi connectivity index (χ0n) is 23.0. The molecule has 0 bridgehead atoms. The molecule has 13 nitrogen and oxygen atoms in total. The molecular weight excluding hydrogens is 496 g/mol. The van der Waals surface area contributed by atoms with Crippen LogP contribution in [0.15, 0.2) is 0 Å². The third-order valence-corrected chi connectivity index (χ3v) is 4.85. The summed E-state index contributed by atoms with van der Waals surface area (Å²) in [4.78, 5) is 0. The molecule has 0 aromatic heterocycles. The highest BCUT2D eigenvalue weighted by Crippen LogP contribution is 2.05. The van der Waals surface area contributed by atoms with E-state index >= 15 is 0 Å². The average molecular weight is 549 g/mol. The molecule has 0 amide bonds. The van der Waals surface area contributed by atoms with Gasteiger partial charge in [0.25, 0.3) is 0 Å². The van der Waals surface area contributed by atoms with Gasteiger partial charge in [0.1, 0.15) is 24.4 Å². The lowest BCUT2D eigenvalue weighted by atomic mass is 10.0. The lowest BCUT2D eigenvalue weighted by Crippen LogP contribution is -2.46. The summed E-state index contributed by atoms with van der Waals surface area (Å²) in [6, 6.07) is 0. The Hall–Kier alpha value is -0.520. The van der Waals surface area contributed by atoms with Crippen LogP contribution in [0.3, 0.4) is 0 Å². The molecule has 0 heterocycles. The van der Waals surface area contributed by atoms with Gasteiger partial charge >= 0.3 is 0 Å². The maximum absolute atomic E-state index is 9.17. The van der Waals surface area contributed by atoms with Gasteiger partial charge in [-0.15, -0.1) is 0 Å². The lowest BCUT2D eigenvalue weighted by molar-refractivity contribution is -0.123. The molecule has 0 aromatic carbocycles. The monoisotopic (exact) mass is 548 g/mol. The van der Waals surface area contributed by atoms with E-state index in [2.05, 4.69) is 0 Å². The van der Waals surface area contributed by atoms with Gasteiger partial charge in [-0.2, -0.15) is 0 Å². The highest BCUT2D eigenvalue weighted by Gasteiger charge is 2.29. The van der Waals surface area contributed by atoms with E-state index in [-0.39, 0.29) is 37.1 Å². The van der Waals surface area contributed by atoms with Crippen molar-refractivity contribution in [2.75, 3.05) is 52.9 Å². The van der Waals surface area contributed by atoms with Crippen molar-refractivity contribution in [1.82, 2.24) is 0 Å². The summed E-state index contributed by atoms with van der Waals surface area (Å²) in [6.07, 6.45) is -7.26. The van der Waals surface area contributed by atoms with Crippen LogP contribution in [0, 0.1) is 0 Å². The Bertz CT molecular complexity index is 485. The van der Waals surface area contributed by atoms with Gasteiger partial charge in [0, 0.05) is 0 Å². The van der Waals surface area contributed by atoms with E-state index < -0.39 is 43.7 Å². The largest absolute Gasteiger partial charge is 0.394 e. The fourth-order valence-electron chi connectivity index (χ4n) is 2.42. The van der Waals surface area contributed by atoms with Crippen LogP contribution < -0.4 is 0 Å². The van der Waals surface area contributed by atoms with Crippen LogP contribution in [0.1, 0.15) is 41.5 Å². The maximum Gasteiger partial charge on any atom is 0.111 e. The Labute approximate surface area is 220 Å². The summed E-state index contributed by atoms with van der Waals surface area (Å²) >= 11 is 0. The zero-order valence-corrected chi connectivity index (χ0v) is 23.0. The van der Waals surface area contributed by atoms with Crippen molar-refractivity contribution >= 4 is 0 Å². The fourth-order valence-corrected chi connectivity index (χ4v) is 2.42. The van der Waals surface area contributed by atoms with E-state index in [1.807, 2.05) is 34.6 Å². The summed E-state index contributed by atoms with van der Waals surface area (Å²) in [7, 11) is 0. The summed E-state index contributed by atoms with van der Waals surface area (Å²) in [5.74, 6) is 0. The molecule has 0 spiro atoms. The number of hydrogen-bond acceptors (Lipinski definition) is 13. The minimum Gasteiger partial charge on any atom is -0.394 e. The van der Waals surface area contributed by atoms with Crippen LogP contribution >= 0.6 is 0 Å². The lowest BCUT2D eigenvalue weighted by Gasteiger charge is -2.24. The van der Waals surface area contributed by atoms with Crippen molar-refractivity contribution in [3.63, 3.8) is 0 Å². The predicted molar refractivity (Wildman–Crippen MR) is 134 cm³/mol. The molecule has 10 unspecified atom stereocenters. The van der Waals surface area contributed by atoms with Crippen molar-refractivity contribution in [1.29, 1.82) is 0 Å². The third-order valence-electron chi connectivity index (χ3n) is 4.85. The van der Waals surface area contributed by atoms with Crippen molar-refractivity contribution in [3.05, 3.63) is 0 Å². The Morgan fingerprint density at radius 3 is 0.919 bits per heavy atom. The van der Waals surface area contributed by atoms with Gasteiger partial charge in [0.15, 0.2) is 0 Å². The molecule has 0 saturated heterocycles. The van der Waals surface area contributed by atoms with Crippen LogP contribution in [0.25, 0.3) is 0 Å². The molecule has 0 aliphatic rings. The van der Waals surface area contributed by atoms with Crippen LogP contribution in [0.2, 0.25) is 0 Å². The Morgan fingerprint density at radius 1 is 0.405 bits per heavy atom. The first-order chi connectivity index (χ1) is 17.3. The zero-order chi connectivity index (χ0) is 29.0. The molecule has 13 heteroatoms. The van der Waals surface area contributed by atoms with E-state index in [0.29, 0.717) is 33.0 Å². The minimum absolute atomic E-state index is 0.00675. The predicted octanol–water partition coefficient (Wildman–Crippen LogP) is -2.20. The number of hydrogen-bond donors (Lipinski definition) is 8. The molecule has 10 atom stereocenters.